The smallest absolute Gasteiger partial charge is 0.0934 e. The second kappa shape index (κ2) is 6.19. The summed E-state index contributed by atoms with van der Waals surface area (Å²) < 4.78 is 0.935. The van der Waals surface area contributed by atoms with Gasteiger partial charge in [-0.05, 0) is 37.6 Å². The molecule has 0 spiro atoms. The van der Waals surface area contributed by atoms with Crippen LogP contribution in [-0.2, 0) is 6.42 Å². The van der Waals surface area contributed by atoms with E-state index in [4.69, 9.17) is 11.6 Å². The molecular weight excluding hydrogens is 252 g/mol. The third-order valence-corrected chi connectivity index (χ3v) is 4.90. The Morgan fingerprint density at radius 3 is 2.94 bits per heavy atom. The topological polar surface area (TPSA) is 15.3 Å². The molecule has 0 fully saturated rings. The van der Waals surface area contributed by atoms with E-state index in [9.17, 15) is 0 Å². The lowest BCUT2D eigenvalue weighted by Gasteiger charge is -2.20. The average molecular weight is 273 g/mol. The Kier molecular flexibility index (Phi) is 4.86. The van der Waals surface area contributed by atoms with Gasteiger partial charge in [0.15, 0.2) is 0 Å². The molecule has 2 rings (SSSR count). The zero-order valence-electron chi connectivity index (χ0n) is 10.6. The lowest BCUT2D eigenvalue weighted by Crippen LogP contribution is -2.33. The van der Waals surface area contributed by atoms with Crippen molar-refractivity contribution < 1.29 is 0 Å². The Bertz CT molecular complexity index is 360. The summed E-state index contributed by atoms with van der Waals surface area (Å²) in [6, 6.07) is 2.67. The molecule has 1 heterocycles. The second-order valence-electron chi connectivity index (χ2n) is 4.50. The molecule has 1 N–H and O–H groups in total. The van der Waals surface area contributed by atoms with Crippen molar-refractivity contribution in [3.8, 4) is 0 Å². The van der Waals surface area contributed by atoms with Crippen LogP contribution in [0.4, 0.5) is 0 Å². The van der Waals surface area contributed by atoms with E-state index in [2.05, 4.69) is 30.1 Å². The molecule has 0 amide bonds. The monoisotopic (exact) mass is 272 g/mol. The van der Waals surface area contributed by atoms with E-state index in [0.717, 1.165) is 30.5 Å². The first-order valence-electron chi connectivity index (χ1n) is 6.48. The molecule has 0 saturated heterocycles. The van der Waals surface area contributed by atoms with Crippen LogP contribution in [0.3, 0.4) is 0 Å². The van der Waals surface area contributed by atoms with Crippen molar-refractivity contribution in [2.75, 3.05) is 26.2 Å². The predicted octanol–water partition coefficient (Wildman–Crippen LogP) is 3.32. The van der Waals surface area contributed by atoms with E-state index in [-0.39, 0.29) is 0 Å². The third kappa shape index (κ3) is 3.22. The van der Waals surface area contributed by atoms with Crippen molar-refractivity contribution in [3.05, 3.63) is 20.8 Å². The number of nitrogens with zero attached hydrogens (tertiary/aromatic N) is 1. The van der Waals surface area contributed by atoms with Gasteiger partial charge in [0.2, 0.25) is 0 Å². The van der Waals surface area contributed by atoms with Crippen molar-refractivity contribution in [1.29, 1.82) is 0 Å². The Morgan fingerprint density at radius 1 is 1.47 bits per heavy atom. The number of hydrogen-bond acceptors (Lipinski definition) is 3. The van der Waals surface area contributed by atoms with Gasteiger partial charge < -0.3 is 10.2 Å². The molecule has 1 aromatic heterocycles. The highest BCUT2D eigenvalue weighted by Crippen LogP contribution is 2.39. The van der Waals surface area contributed by atoms with Gasteiger partial charge in [0.05, 0.1) is 4.34 Å². The summed E-state index contributed by atoms with van der Waals surface area (Å²) in [5.74, 6) is 0. The maximum atomic E-state index is 6.06. The van der Waals surface area contributed by atoms with Crippen LogP contribution in [0.5, 0.6) is 0 Å². The van der Waals surface area contributed by atoms with E-state index >= 15 is 0 Å². The molecule has 0 bridgehead atoms. The molecule has 1 unspecified atom stereocenters. The molecule has 1 atom stereocenters. The van der Waals surface area contributed by atoms with Crippen molar-refractivity contribution in [1.82, 2.24) is 10.2 Å². The van der Waals surface area contributed by atoms with Crippen molar-refractivity contribution in [2.45, 2.75) is 32.7 Å². The molecule has 2 nitrogen and oxygen atoms in total. The van der Waals surface area contributed by atoms with E-state index in [1.165, 1.54) is 23.3 Å². The van der Waals surface area contributed by atoms with Gasteiger partial charge in [-0.3, -0.25) is 0 Å². The molecule has 1 aromatic rings. The Morgan fingerprint density at radius 2 is 2.24 bits per heavy atom. The SMILES string of the molecule is CCN(CC)CCNC1CCc2sc(Cl)cc21. The van der Waals surface area contributed by atoms with Gasteiger partial charge in [-0.2, -0.15) is 0 Å². The zero-order valence-corrected chi connectivity index (χ0v) is 12.2. The maximum absolute atomic E-state index is 6.06. The van der Waals surface area contributed by atoms with E-state index in [1.807, 2.05) is 0 Å². The molecule has 1 aliphatic rings. The van der Waals surface area contributed by atoms with Gasteiger partial charge in [-0.1, -0.05) is 25.4 Å². The van der Waals surface area contributed by atoms with E-state index in [1.54, 1.807) is 11.3 Å². The van der Waals surface area contributed by atoms with Crippen LogP contribution >= 0.6 is 22.9 Å². The second-order valence-corrected chi connectivity index (χ2v) is 6.27. The summed E-state index contributed by atoms with van der Waals surface area (Å²) in [5.41, 5.74) is 1.44. The van der Waals surface area contributed by atoms with Crippen LogP contribution in [0.25, 0.3) is 0 Å². The molecule has 0 radical (unpaired) electrons. The van der Waals surface area contributed by atoms with Gasteiger partial charge in [0, 0.05) is 24.0 Å². The van der Waals surface area contributed by atoms with Crippen LogP contribution < -0.4 is 5.32 Å². The summed E-state index contributed by atoms with van der Waals surface area (Å²) in [5, 5.41) is 3.66. The van der Waals surface area contributed by atoms with Crippen LogP contribution in [0, 0.1) is 0 Å². The molecule has 0 aliphatic heterocycles. The fourth-order valence-electron chi connectivity index (χ4n) is 2.48. The standard InChI is InChI=1S/C13H21ClN2S/c1-3-16(4-2)8-7-15-11-5-6-12-10(11)9-13(14)17-12/h9,11,15H,3-8H2,1-2H3. The van der Waals surface area contributed by atoms with Gasteiger partial charge in [-0.25, -0.2) is 0 Å². The molecule has 1 aliphatic carbocycles. The fourth-order valence-corrected chi connectivity index (χ4v) is 3.84. The van der Waals surface area contributed by atoms with Crippen LogP contribution in [0.15, 0.2) is 6.07 Å². The molecule has 0 aromatic carbocycles. The first-order chi connectivity index (χ1) is 8.24. The van der Waals surface area contributed by atoms with Crippen molar-refractivity contribution in [2.24, 2.45) is 0 Å². The highest BCUT2D eigenvalue weighted by molar-refractivity contribution is 7.16. The number of rotatable bonds is 6. The van der Waals surface area contributed by atoms with Crippen LogP contribution in [0.1, 0.15) is 36.8 Å². The van der Waals surface area contributed by atoms with E-state index < -0.39 is 0 Å². The predicted molar refractivity (Wildman–Crippen MR) is 76.2 cm³/mol. The number of halogens is 1. The average Bonchev–Trinajstić information content (AvgIpc) is 2.85. The molecule has 17 heavy (non-hydrogen) atoms. The van der Waals surface area contributed by atoms with E-state index in [0.29, 0.717) is 6.04 Å². The Balaban J connectivity index is 1.81. The maximum Gasteiger partial charge on any atom is 0.0934 e. The quantitative estimate of drug-likeness (QED) is 0.855. The van der Waals surface area contributed by atoms with Crippen LogP contribution in [-0.4, -0.2) is 31.1 Å². The number of fused-ring (bicyclic) bond motifs is 1. The van der Waals surface area contributed by atoms with Gasteiger partial charge in [-0.15, -0.1) is 11.3 Å². The first kappa shape index (κ1) is 13.3. The lowest BCUT2D eigenvalue weighted by molar-refractivity contribution is 0.296. The van der Waals surface area contributed by atoms with Crippen molar-refractivity contribution >= 4 is 22.9 Å². The summed E-state index contributed by atoms with van der Waals surface area (Å²) in [4.78, 5) is 3.93. The Labute approximate surface area is 113 Å². The fraction of sp³-hybridized carbons (Fsp3) is 0.692. The molecule has 4 heteroatoms. The minimum atomic E-state index is 0.532. The van der Waals surface area contributed by atoms with Gasteiger partial charge in [0.25, 0.3) is 0 Å². The van der Waals surface area contributed by atoms with Gasteiger partial charge >= 0.3 is 0 Å². The highest BCUT2D eigenvalue weighted by atomic mass is 35.5. The summed E-state index contributed by atoms with van der Waals surface area (Å²) in [6.07, 6.45) is 2.42. The minimum absolute atomic E-state index is 0.532. The summed E-state index contributed by atoms with van der Waals surface area (Å²) >= 11 is 7.80. The number of hydrogen-bond donors (Lipinski definition) is 1. The third-order valence-electron chi connectivity index (χ3n) is 3.56. The minimum Gasteiger partial charge on any atom is -0.309 e. The Hall–Kier alpha value is -0.0900. The number of thiophene rings is 1. The lowest BCUT2D eigenvalue weighted by atomic mass is 10.2. The summed E-state index contributed by atoms with van der Waals surface area (Å²) in [7, 11) is 0. The number of nitrogens with one attached hydrogen (secondary N) is 1. The molecule has 0 saturated carbocycles. The first-order valence-corrected chi connectivity index (χ1v) is 7.67. The van der Waals surface area contributed by atoms with Crippen LogP contribution in [0.2, 0.25) is 4.34 Å². The largest absolute Gasteiger partial charge is 0.309 e. The number of aryl methyl sites for hydroxylation is 1. The normalized spacial score (nSPS) is 18.9. The molecule has 96 valence electrons. The highest BCUT2D eigenvalue weighted by Gasteiger charge is 2.24. The van der Waals surface area contributed by atoms with Gasteiger partial charge in [0.1, 0.15) is 0 Å². The summed E-state index contributed by atoms with van der Waals surface area (Å²) in [6.45, 7) is 8.92. The molecular formula is C13H21ClN2S. The zero-order chi connectivity index (χ0) is 12.3. The number of likely N-dealkylation sites (N-methyl/N-ethyl adjacent to an activating group) is 1. The van der Waals surface area contributed by atoms with Crippen molar-refractivity contribution in [3.63, 3.8) is 0 Å².